The standard InChI is InChI=1S/C26H27N5O4/c1-17-10-11-27-26(28-17)31-14-20(13-24(32)33)22(15-31)19-8-5-9-21(12-19)34-16-23-29-25(35-30-23)18-6-3-2-4-7-18/h2-12,20,22,25H,13-16H2,1H3,(H,29,30)(H,32,33)/t20-,22-,25?/m0/s1. The zero-order valence-corrected chi connectivity index (χ0v) is 19.4. The van der Waals surface area contributed by atoms with Gasteiger partial charge in [-0.15, -0.1) is 0 Å². The van der Waals surface area contributed by atoms with Crippen LogP contribution < -0.4 is 15.1 Å². The Morgan fingerprint density at radius 3 is 2.77 bits per heavy atom. The largest absolute Gasteiger partial charge is 0.486 e. The van der Waals surface area contributed by atoms with Gasteiger partial charge >= 0.3 is 5.97 Å². The van der Waals surface area contributed by atoms with Crippen LogP contribution in [0.15, 0.2) is 71.9 Å². The van der Waals surface area contributed by atoms with E-state index in [1.807, 2.05) is 67.6 Å². The number of hydrogen-bond donors (Lipinski definition) is 2. The van der Waals surface area contributed by atoms with E-state index in [-0.39, 0.29) is 24.9 Å². The summed E-state index contributed by atoms with van der Waals surface area (Å²) in [4.78, 5) is 32.6. The van der Waals surface area contributed by atoms with Crippen LogP contribution in [0.3, 0.4) is 0 Å². The average Bonchev–Trinajstić information content (AvgIpc) is 3.51. The summed E-state index contributed by atoms with van der Waals surface area (Å²) in [5, 5.41) is 9.50. The van der Waals surface area contributed by atoms with Gasteiger partial charge in [-0.1, -0.05) is 42.5 Å². The molecule has 3 aromatic rings. The maximum Gasteiger partial charge on any atom is 0.303 e. The molecule has 1 saturated heterocycles. The number of nitrogens with one attached hydrogen (secondary N) is 1. The summed E-state index contributed by atoms with van der Waals surface area (Å²) in [5.74, 6) is 1.08. The number of anilines is 1. The summed E-state index contributed by atoms with van der Waals surface area (Å²) >= 11 is 0. The number of nitrogens with zero attached hydrogens (tertiary/aromatic N) is 4. The number of aliphatic carboxylic acids is 1. The molecule has 0 amide bonds. The zero-order chi connectivity index (χ0) is 24.2. The highest BCUT2D eigenvalue weighted by Gasteiger charge is 2.36. The van der Waals surface area contributed by atoms with Crippen molar-refractivity contribution in [2.24, 2.45) is 10.9 Å². The first kappa shape index (κ1) is 22.8. The summed E-state index contributed by atoms with van der Waals surface area (Å²) in [6.07, 6.45) is 1.42. The highest BCUT2D eigenvalue weighted by molar-refractivity contribution is 5.83. The normalized spacial score (nSPS) is 21.5. The Hall–Kier alpha value is -3.98. The van der Waals surface area contributed by atoms with E-state index in [1.165, 1.54) is 0 Å². The van der Waals surface area contributed by atoms with Gasteiger partial charge in [0.1, 0.15) is 12.4 Å². The maximum absolute atomic E-state index is 11.6. The van der Waals surface area contributed by atoms with Gasteiger partial charge in [-0.25, -0.2) is 25.3 Å². The molecule has 2 N–H and O–H groups in total. The van der Waals surface area contributed by atoms with E-state index in [2.05, 4.69) is 25.3 Å². The second-order valence-electron chi connectivity index (χ2n) is 8.79. The number of rotatable bonds is 8. The molecular weight excluding hydrogens is 446 g/mol. The molecule has 0 aliphatic carbocycles. The number of ether oxygens (including phenoxy) is 1. The number of aromatic nitrogens is 2. The lowest BCUT2D eigenvalue weighted by atomic mass is 9.87. The smallest absolute Gasteiger partial charge is 0.303 e. The van der Waals surface area contributed by atoms with Crippen LogP contribution in [0.1, 0.15) is 35.4 Å². The van der Waals surface area contributed by atoms with Gasteiger partial charge in [0.2, 0.25) is 12.2 Å². The molecule has 3 atom stereocenters. The van der Waals surface area contributed by atoms with Gasteiger partial charge in [-0.2, -0.15) is 0 Å². The van der Waals surface area contributed by atoms with E-state index < -0.39 is 12.2 Å². The molecule has 35 heavy (non-hydrogen) atoms. The van der Waals surface area contributed by atoms with Crippen LogP contribution >= 0.6 is 0 Å². The second kappa shape index (κ2) is 10.1. The van der Waals surface area contributed by atoms with Crippen molar-refractivity contribution in [3.63, 3.8) is 0 Å². The Bertz CT molecular complexity index is 1220. The minimum Gasteiger partial charge on any atom is -0.486 e. The Morgan fingerprint density at radius 2 is 1.97 bits per heavy atom. The van der Waals surface area contributed by atoms with E-state index in [0.717, 1.165) is 16.8 Å². The Kier molecular flexibility index (Phi) is 6.58. The lowest BCUT2D eigenvalue weighted by Crippen LogP contribution is -2.24. The molecule has 0 spiro atoms. The molecule has 9 nitrogen and oxygen atoms in total. The first-order chi connectivity index (χ1) is 17.0. The fraction of sp³-hybridized carbons (Fsp3) is 0.308. The predicted molar refractivity (Wildman–Crippen MR) is 130 cm³/mol. The van der Waals surface area contributed by atoms with Gasteiger partial charge in [-0.3, -0.25) is 4.79 Å². The van der Waals surface area contributed by atoms with Crippen LogP contribution in [0.25, 0.3) is 0 Å². The van der Waals surface area contributed by atoms with E-state index in [9.17, 15) is 9.90 Å². The molecule has 1 aromatic heterocycles. The molecule has 9 heteroatoms. The molecule has 2 aliphatic rings. The lowest BCUT2D eigenvalue weighted by Gasteiger charge is -2.18. The summed E-state index contributed by atoms with van der Waals surface area (Å²) in [6, 6.07) is 19.4. The molecule has 0 bridgehead atoms. The highest BCUT2D eigenvalue weighted by Crippen LogP contribution is 2.37. The van der Waals surface area contributed by atoms with Crippen molar-refractivity contribution in [1.29, 1.82) is 0 Å². The van der Waals surface area contributed by atoms with Gasteiger partial charge in [0.25, 0.3) is 0 Å². The van der Waals surface area contributed by atoms with Crippen LogP contribution in [0.4, 0.5) is 5.95 Å². The van der Waals surface area contributed by atoms with Gasteiger partial charge in [0, 0.05) is 36.5 Å². The summed E-state index contributed by atoms with van der Waals surface area (Å²) < 4.78 is 5.99. The molecule has 0 saturated carbocycles. The van der Waals surface area contributed by atoms with Crippen molar-refractivity contribution < 1.29 is 19.5 Å². The number of aryl methyl sites for hydroxylation is 1. The van der Waals surface area contributed by atoms with E-state index in [4.69, 9.17) is 9.57 Å². The molecule has 180 valence electrons. The molecule has 1 fully saturated rings. The number of carbonyl (C=O) groups is 1. The summed E-state index contributed by atoms with van der Waals surface area (Å²) in [7, 11) is 0. The maximum atomic E-state index is 11.6. The third kappa shape index (κ3) is 5.41. The highest BCUT2D eigenvalue weighted by atomic mass is 16.7. The SMILES string of the molecule is Cc1ccnc(N2C[C@H](CC(=O)O)[C@H](c3cccc(OCC4=NC(c5ccccc5)ON4)c3)C2)n1. The molecule has 0 radical (unpaired) electrons. The molecule has 1 unspecified atom stereocenters. The van der Waals surface area contributed by atoms with Gasteiger partial charge in [0.05, 0.1) is 6.42 Å². The zero-order valence-electron chi connectivity index (χ0n) is 19.4. The average molecular weight is 474 g/mol. The predicted octanol–water partition coefficient (Wildman–Crippen LogP) is 3.49. The van der Waals surface area contributed by atoms with Gasteiger partial charge in [0.15, 0.2) is 5.84 Å². The Labute approximate surface area is 203 Å². The summed E-state index contributed by atoms with van der Waals surface area (Å²) in [5.41, 5.74) is 5.72. The second-order valence-corrected chi connectivity index (χ2v) is 8.79. The van der Waals surface area contributed by atoms with Crippen LogP contribution in [0.5, 0.6) is 5.75 Å². The van der Waals surface area contributed by atoms with Gasteiger partial charge < -0.3 is 14.7 Å². The minimum atomic E-state index is -0.808. The van der Waals surface area contributed by atoms with Crippen LogP contribution in [0.2, 0.25) is 0 Å². The quantitative estimate of drug-likeness (QED) is 0.512. The number of hydrogen-bond acceptors (Lipinski definition) is 8. The van der Waals surface area contributed by atoms with Crippen molar-refractivity contribution in [2.75, 3.05) is 24.6 Å². The monoisotopic (exact) mass is 473 g/mol. The molecule has 2 aliphatic heterocycles. The van der Waals surface area contributed by atoms with Crippen LogP contribution in [-0.4, -0.2) is 46.6 Å². The number of aliphatic imine (C=N–C) groups is 1. The number of carboxylic acids is 1. The van der Waals surface area contributed by atoms with Crippen molar-refractivity contribution in [2.45, 2.75) is 25.5 Å². The fourth-order valence-electron chi connectivity index (χ4n) is 4.56. The number of carboxylic acid groups (broad SMARTS) is 1. The van der Waals surface area contributed by atoms with Crippen LogP contribution in [-0.2, 0) is 9.63 Å². The van der Waals surface area contributed by atoms with E-state index >= 15 is 0 Å². The molecule has 3 heterocycles. The van der Waals surface area contributed by atoms with Gasteiger partial charge in [-0.05, 0) is 36.6 Å². The number of hydroxylamine groups is 1. The third-order valence-electron chi connectivity index (χ3n) is 6.25. The Morgan fingerprint density at radius 1 is 1.14 bits per heavy atom. The lowest BCUT2D eigenvalue weighted by molar-refractivity contribution is -0.138. The van der Waals surface area contributed by atoms with Crippen molar-refractivity contribution >= 4 is 17.8 Å². The topological polar surface area (TPSA) is 109 Å². The minimum absolute atomic E-state index is 0.0199. The van der Waals surface area contributed by atoms with E-state index in [0.29, 0.717) is 30.6 Å². The summed E-state index contributed by atoms with van der Waals surface area (Å²) in [6.45, 7) is 3.39. The third-order valence-corrected chi connectivity index (χ3v) is 6.25. The number of benzene rings is 2. The first-order valence-corrected chi connectivity index (χ1v) is 11.6. The van der Waals surface area contributed by atoms with Crippen molar-refractivity contribution in [3.05, 3.63) is 83.7 Å². The van der Waals surface area contributed by atoms with Crippen molar-refractivity contribution in [1.82, 2.24) is 15.4 Å². The Balaban J connectivity index is 1.28. The molecule has 5 rings (SSSR count). The van der Waals surface area contributed by atoms with Crippen LogP contribution in [0, 0.1) is 12.8 Å². The number of amidine groups is 1. The fourth-order valence-corrected chi connectivity index (χ4v) is 4.56. The van der Waals surface area contributed by atoms with E-state index in [1.54, 1.807) is 6.20 Å². The molecular formula is C26H27N5O4. The molecule has 2 aromatic carbocycles. The first-order valence-electron chi connectivity index (χ1n) is 11.6. The van der Waals surface area contributed by atoms with Crippen molar-refractivity contribution in [3.8, 4) is 5.75 Å².